The maximum atomic E-state index is 13.0. The topological polar surface area (TPSA) is 56.7 Å². The van der Waals surface area contributed by atoms with E-state index < -0.39 is 0 Å². The molecule has 0 bridgehead atoms. The van der Waals surface area contributed by atoms with Crippen molar-refractivity contribution in [2.24, 2.45) is 0 Å². The van der Waals surface area contributed by atoms with E-state index in [1.54, 1.807) is 24.5 Å². The van der Waals surface area contributed by atoms with E-state index in [1.807, 2.05) is 41.3 Å². The van der Waals surface area contributed by atoms with Gasteiger partial charge in [-0.15, -0.1) is 0 Å². The number of nitrogens with zero attached hydrogens (tertiary/aromatic N) is 3. The lowest BCUT2D eigenvalue weighted by molar-refractivity contribution is 0.0748. The second-order valence-electron chi connectivity index (χ2n) is 6.20. The minimum absolute atomic E-state index is 0.0624. The molecule has 5 nitrogen and oxygen atoms in total. The number of piperazine rings is 1. The number of anilines is 1. The molecule has 0 atom stereocenters. The molecule has 5 heteroatoms. The summed E-state index contributed by atoms with van der Waals surface area (Å²) in [7, 11) is 0. The van der Waals surface area contributed by atoms with Crippen molar-refractivity contribution in [3.05, 3.63) is 66.5 Å². The number of aromatic hydroxyl groups is 1. The average Bonchev–Trinajstić information content (AvgIpc) is 2.67. The van der Waals surface area contributed by atoms with Crippen LogP contribution in [0.4, 0.5) is 5.69 Å². The van der Waals surface area contributed by atoms with Gasteiger partial charge in [0.2, 0.25) is 0 Å². The number of fused-ring (bicyclic) bond motifs is 1. The first-order valence-electron chi connectivity index (χ1n) is 8.38. The third-order valence-electron chi connectivity index (χ3n) is 4.67. The van der Waals surface area contributed by atoms with Gasteiger partial charge in [0.15, 0.2) is 0 Å². The lowest BCUT2D eigenvalue weighted by atomic mass is 10.1. The molecule has 4 rings (SSSR count). The van der Waals surface area contributed by atoms with Gasteiger partial charge in [0.05, 0.1) is 0 Å². The number of rotatable bonds is 2. The molecule has 0 saturated carbocycles. The van der Waals surface area contributed by atoms with Crippen LogP contribution in [0.2, 0.25) is 0 Å². The molecule has 0 unspecified atom stereocenters. The number of phenols is 1. The summed E-state index contributed by atoms with van der Waals surface area (Å²) in [5.41, 5.74) is 1.72. The Morgan fingerprint density at radius 1 is 1.00 bits per heavy atom. The zero-order chi connectivity index (χ0) is 17.2. The number of benzene rings is 2. The Kier molecular flexibility index (Phi) is 3.98. The van der Waals surface area contributed by atoms with Crippen molar-refractivity contribution < 1.29 is 9.90 Å². The number of phenolic OH excluding ortho intramolecular Hbond substituents is 1. The van der Waals surface area contributed by atoms with E-state index in [-0.39, 0.29) is 11.7 Å². The number of carbonyl (C=O) groups is 1. The van der Waals surface area contributed by atoms with Crippen LogP contribution >= 0.6 is 0 Å². The molecule has 1 aromatic heterocycles. The zero-order valence-corrected chi connectivity index (χ0v) is 13.8. The van der Waals surface area contributed by atoms with Crippen LogP contribution in [0.5, 0.6) is 5.75 Å². The Balaban J connectivity index is 1.51. The van der Waals surface area contributed by atoms with Gasteiger partial charge in [-0.05, 0) is 29.7 Å². The average molecular weight is 333 g/mol. The van der Waals surface area contributed by atoms with Crippen LogP contribution in [0.1, 0.15) is 10.4 Å². The number of carbonyl (C=O) groups excluding carboxylic acids is 1. The van der Waals surface area contributed by atoms with Crippen molar-refractivity contribution in [2.45, 2.75) is 0 Å². The van der Waals surface area contributed by atoms with Crippen LogP contribution in [0.15, 0.2) is 60.9 Å². The first-order chi connectivity index (χ1) is 12.2. The second-order valence-corrected chi connectivity index (χ2v) is 6.20. The van der Waals surface area contributed by atoms with Gasteiger partial charge in [0.25, 0.3) is 5.91 Å². The highest BCUT2D eigenvalue weighted by Gasteiger charge is 2.23. The standard InChI is InChI=1S/C20H19N3O2/c24-17-5-2-4-16(13-17)22-9-11-23(12-10-22)20(25)19-6-1-3-15-14-21-8-7-18(15)19/h1-8,13-14,24H,9-12H2. The van der Waals surface area contributed by atoms with Gasteiger partial charge in [-0.1, -0.05) is 18.2 Å². The van der Waals surface area contributed by atoms with Gasteiger partial charge < -0.3 is 14.9 Å². The van der Waals surface area contributed by atoms with E-state index in [9.17, 15) is 9.90 Å². The third-order valence-corrected chi connectivity index (χ3v) is 4.67. The smallest absolute Gasteiger partial charge is 0.254 e. The second kappa shape index (κ2) is 6.43. The molecule has 1 aliphatic rings. The molecular formula is C20H19N3O2. The quantitative estimate of drug-likeness (QED) is 0.783. The molecule has 3 aromatic rings. The highest BCUT2D eigenvalue weighted by Crippen LogP contribution is 2.23. The third kappa shape index (κ3) is 3.01. The van der Waals surface area contributed by atoms with Crippen molar-refractivity contribution in [1.82, 2.24) is 9.88 Å². The van der Waals surface area contributed by atoms with E-state index in [2.05, 4.69) is 9.88 Å². The Bertz CT molecular complexity index is 912. The number of aromatic nitrogens is 1. The fourth-order valence-corrected chi connectivity index (χ4v) is 3.34. The molecule has 0 aliphatic carbocycles. The van der Waals surface area contributed by atoms with Crippen molar-refractivity contribution in [3.63, 3.8) is 0 Å². The van der Waals surface area contributed by atoms with Crippen LogP contribution in [-0.4, -0.2) is 47.1 Å². The predicted molar refractivity (Wildman–Crippen MR) is 98.0 cm³/mol. The van der Waals surface area contributed by atoms with Crippen LogP contribution in [-0.2, 0) is 0 Å². The molecular weight excluding hydrogens is 314 g/mol. The van der Waals surface area contributed by atoms with Gasteiger partial charge in [0.1, 0.15) is 5.75 Å². The van der Waals surface area contributed by atoms with Crippen molar-refractivity contribution >= 4 is 22.4 Å². The highest BCUT2D eigenvalue weighted by molar-refractivity contribution is 6.06. The molecule has 2 heterocycles. The maximum absolute atomic E-state index is 13.0. The highest BCUT2D eigenvalue weighted by atomic mass is 16.3. The molecule has 1 amide bonds. The van der Waals surface area contributed by atoms with Crippen molar-refractivity contribution in [1.29, 1.82) is 0 Å². The molecule has 25 heavy (non-hydrogen) atoms. The molecule has 126 valence electrons. The van der Waals surface area contributed by atoms with Gasteiger partial charge in [-0.3, -0.25) is 9.78 Å². The number of hydrogen-bond acceptors (Lipinski definition) is 4. The lowest BCUT2D eigenvalue weighted by Gasteiger charge is -2.36. The van der Waals surface area contributed by atoms with E-state index in [0.29, 0.717) is 13.1 Å². The minimum atomic E-state index is 0.0624. The summed E-state index contributed by atoms with van der Waals surface area (Å²) >= 11 is 0. The maximum Gasteiger partial charge on any atom is 0.254 e. The Hall–Kier alpha value is -3.08. The van der Waals surface area contributed by atoms with Crippen LogP contribution < -0.4 is 4.90 Å². The summed E-state index contributed by atoms with van der Waals surface area (Å²) in [6.07, 6.45) is 3.50. The largest absolute Gasteiger partial charge is 0.508 e. The summed E-state index contributed by atoms with van der Waals surface area (Å²) in [6, 6.07) is 14.9. The summed E-state index contributed by atoms with van der Waals surface area (Å²) in [5, 5.41) is 11.6. The number of hydrogen-bond donors (Lipinski definition) is 1. The van der Waals surface area contributed by atoms with Gasteiger partial charge >= 0.3 is 0 Å². The molecule has 0 spiro atoms. The van der Waals surface area contributed by atoms with Crippen LogP contribution in [0.3, 0.4) is 0 Å². The van der Waals surface area contributed by atoms with Crippen LogP contribution in [0, 0.1) is 0 Å². The van der Waals surface area contributed by atoms with Gasteiger partial charge in [-0.25, -0.2) is 0 Å². The van der Waals surface area contributed by atoms with E-state index in [0.717, 1.165) is 35.1 Å². The lowest BCUT2D eigenvalue weighted by Crippen LogP contribution is -2.48. The summed E-state index contributed by atoms with van der Waals surface area (Å²) in [6.45, 7) is 2.83. The van der Waals surface area contributed by atoms with Gasteiger partial charge in [-0.2, -0.15) is 0 Å². The van der Waals surface area contributed by atoms with Crippen molar-refractivity contribution in [2.75, 3.05) is 31.1 Å². The molecule has 2 aromatic carbocycles. The molecule has 1 N–H and O–H groups in total. The fourth-order valence-electron chi connectivity index (χ4n) is 3.34. The molecule has 1 fully saturated rings. The SMILES string of the molecule is O=C(c1cccc2cnccc12)N1CCN(c2cccc(O)c2)CC1. The molecule has 1 saturated heterocycles. The van der Waals surface area contributed by atoms with Crippen LogP contribution in [0.25, 0.3) is 10.8 Å². The number of amides is 1. The van der Waals surface area contributed by atoms with E-state index in [1.165, 1.54) is 0 Å². The van der Waals surface area contributed by atoms with Gasteiger partial charge in [0, 0.05) is 61.3 Å². The molecule has 0 radical (unpaired) electrons. The minimum Gasteiger partial charge on any atom is -0.508 e. The molecule has 1 aliphatic heterocycles. The predicted octanol–water partition coefficient (Wildman–Crippen LogP) is 2.90. The first-order valence-corrected chi connectivity index (χ1v) is 8.38. The van der Waals surface area contributed by atoms with Crippen molar-refractivity contribution in [3.8, 4) is 5.75 Å². The zero-order valence-electron chi connectivity index (χ0n) is 13.8. The Morgan fingerprint density at radius 2 is 1.80 bits per heavy atom. The van der Waals surface area contributed by atoms with E-state index in [4.69, 9.17) is 0 Å². The van der Waals surface area contributed by atoms with E-state index >= 15 is 0 Å². The number of pyridine rings is 1. The summed E-state index contributed by atoms with van der Waals surface area (Å²) < 4.78 is 0. The Labute approximate surface area is 146 Å². The fraction of sp³-hybridized carbons (Fsp3) is 0.200. The first kappa shape index (κ1) is 15.4. The summed E-state index contributed by atoms with van der Waals surface area (Å²) in [4.78, 5) is 21.2. The normalized spacial score (nSPS) is 14.7. The summed E-state index contributed by atoms with van der Waals surface area (Å²) in [5.74, 6) is 0.327. The monoisotopic (exact) mass is 333 g/mol. The Morgan fingerprint density at radius 3 is 2.60 bits per heavy atom.